The summed E-state index contributed by atoms with van der Waals surface area (Å²) < 4.78 is 28.0. The Morgan fingerprint density at radius 1 is 1.03 bits per heavy atom. The zero-order valence-electron chi connectivity index (χ0n) is 16.3. The topological polar surface area (TPSA) is 78.5 Å². The highest BCUT2D eigenvalue weighted by Gasteiger charge is 2.38. The minimum absolute atomic E-state index is 0. The first-order valence-corrected chi connectivity index (χ1v) is 11.2. The zero-order valence-corrected chi connectivity index (χ0v) is 17.9. The maximum absolute atomic E-state index is 13.0. The van der Waals surface area contributed by atoms with E-state index in [4.69, 9.17) is 0 Å². The van der Waals surface area contributed by atoms with E-state index in [-0.39, 0.29) is 35.3 Å². The fraction of sp³-hybridized carbons (Fsp3) is 0.381. The predicted octanol–water partition coefficient (Wildman–Crippen LogP) is 3.18. The Morgan fingerprint density at radius 2 is 1.72 bits per heavy atom. The highest BCUT2D eigenvalue weighted by Crippen LogP contribution is 2.30. The number of hydrogen-bond donors (Lipinski definition) is 2. The van der Waals surface area contributed by atoms with Gasteiger partial charge in [-0.3, -0.25) is 9.52 Å². The van der Waals surface area contributed by atoms with Crippen LogP contribution in [-0.4, -0.2) is 44.4 Å². The van der Waals surface area contributed by atoms with Gasteiger partial charge in [-0.15, -0.1) is 12.4 Å². The number of para-hydroxylation sites is 1. The molecule has 2 bridgehead atoms. The third kappa shape index (κ3) is 4.42. The van der Waals surface area contributed by atoms with E-state index in [2.05, 4.69) is 10.0 Å². The summed E-state index contributed by atoms with van der Waals surface area (Å²) in [7, 11) is -3.70. The molecule has 4 rings (SSSR count). The molecule has 156 valence electrons. The van der Waals surface area contributed by atoms with Gasteiger partial charge in [-0.05, 0) is 68.6 Å². The molecule has 2 heterocycles. The number of nitrogens with one attached hydrogen (secondary N) is 2. The maximum atomic E-state index is 13.0. The van der Waals surface area contributed by atoms with Gasteiger partial charge >= 0.3 is 0 Å². The first-order chi connectivity index (χ1) is 13.5. The van der Waals surface area contributed by atoms with Gasteiger partial charge in [0.25, 0.3) is 15.9 Å². The Bertz CT molecular complexity index is 965. The molecule has 0 spiro atoms. The summed E-state index contributed by atoms with van der Waals surface area (Å²) in [6, 6.07) is 14.0. The molecule has 8 heteroatoms. The van der Waals surface area contributed by atoms with Crippen LogP contribution >= 0.6 is 12.4 Å². The number of sulfonamides is 1. The highest BCUT2D eigenvalue weighted by atomic mass is 35.5. The van der Waals surface area contributed by atoms with Gasteiger partial charge < -0.3 is 10.2 Å². The molecule has 2 aliphatic heterocycles. The van der Waals surface area contributed by atoms with Crippen molar-refractivity contribution in [3.8, 4) is 0 Å². The van der Waals surface area contributed by atoms with Crippen molar-refractivity contribution in [2.24, 2.45) is 0 Å². The molecule has 2 aromatic rings. The fourth-order valence-corrected chi connectivity index (χ4v) is 5.26. The molecule has 29 heavy (non-hydrogen) atoms. The smallest absolute Gasteiger partial charge is 0.261 e. The minimum atomic E-state index is -3.70. The molecule has 0 radical (unpaired) electrons. The van der Waals surface area contributed by atoms with Crippen molar-refractivity contribution in [2.75, 3.05) is 17.8 Å². The summed E-state index contributed by atoms with van der Waals surface area (Å²) in [6.07, 6.45) is 3.04. The first-order valence-electron chi connectivity index (χ1n) is 9.67. The number of halogens is 1. The van der Waals surface area contributed by atoms with Crippen molar-refractivity contribution in [1.82, 2.24) is 10.2 Å². The van der Waals surface area contributed by atoms with Crippen molar-refractivity contribution >= 4 is 34.0 Å². The maximum Gasteiger partial charge on any atom is 0.261 e. The van der Waals surface area contributed by atoms with Gasteiger partial charge in [0, 0.05) is 24.2 Å². The van der Waals surface area contributed by atoms with E-state index >= 15 is 0 Å². The van der Waals surface area contributed by atoms with Crippen molar-refractivity contribution in [2.45, 2.75) is 43.2 Å². The SMILES string of the molecule is Cc1ccccc1NS(=O)(=O)c1ccc(C(=O)N2C3CCNCC2CC3)cc1.Cl. The Morgan fingerprint density at radius 3 is 2.45 bits per heavy atom. The van der Waals surface area contributed by atoms with E-state index in [0.29, 0.717) is 11.3 Å². The van der Waals surface area contributed by atoms with Gasteiger partial charge in [0.1, 0.15) is 0 Å². The minimum Gasteiger partial charge on any atom is -0.331 e. The number of carbonyl (C=O) groups is 1. The van der Waals surface area contributed by atoms with Crippen LogP contribution in [0.3, 0.4) is 0 Å². The van der Waals surface area contributed by atoms with E-state index in [1.807, 2.05) is 24.0 Å². The first kappa shape index (κ1) is 21.6. The summed E-state index contributed by atoms with van der Waals surface area (Å²) in [5.41, 5.74) is 1.94. The molecule has 2 atom stereocenters. The van der Waals surface area contributed by atoms with E-state index in [9.17, 15) is 13.2 Å². The molecule has 0 saturated carbocycles. The molecule has 2 saturated heterocycles. The monoisotopic (exact) mass is 435 g/mol. The second-order valence-corrected chi connectivity index (χ2v) is 9.22. The Balaban J connectivity index is 0.00000240. The van der Waals surface area contributed by atoms with E-state index in [1.165, 1.54) is 12.1 Å². The highest BCUT2D eigenvalue weighted by molar-refractivity contribution is 7.92. The van der Waals surface area contributed by atoms with Crippen LogP contribution in [0.2, 0.25) is 0 Å². The Hall–Kier alpha value is -2.09. The number of anilines is 1. The van der Waals surface area contributed by atoms with E-state index in [1.54, 1.807) is 24.3 Å². The molecular weight excluding hydrogens is 410 g/mol. The molecule has 0 aliphatic carbocycles. The third-order valence-electron chi connectivity index (χ3n) is 5.69. The molecule has 2 N–H and O–H groups in total. The van der Waals surface area contributed by atoms with E-state index < -0.39 is 10.0 Å². The van der Waals surface area contributed by atoms with Gasteiger partial charge in [-0.25, -0.2) is 8.42 Å². The lowest BCUT2D eigenvalue weighted by atomic mass is 10.1. The third-order valence-corrected chi connectivity index (χ3v) is 7.07. The van der Waals surface area contributed by atoms with Crippen molar-refractivity contribution in [1.29, 1.82) is 0 Å². The Kier molecular flexibility index (Phi) is 6.51. The summed E-state index contributed by atoms with van der Waals surface area (Å²) in [5, 5.41) is 3.39. The molecule has 1 amide bonds. The number of fused-ring (bicyclic) bond motifs is 2. The number of carbonyl (C=O) groups excluding carboxylic acids is 1. The molecule has 0 aromatic heterocycles. The van der Waals surface area contributed by atoms with Crippen LogP contribution in [0.1, 0.15) is 35.2 Å². The largest absolute Gasteiger partial charge is 0.331 e. The zero-order chi connectivity index (χ0) is 19.7. The average Bonchev–Trinajstić information content (AvgIpc) is 2.95. The second kappa shape index (κ2) is 8.73. The molecular formula is C21H26ClN3O3S. The predicted molar refractivity (Wildman–Crippen MR) is 116 cm³/mol. The van der Waals surface area contributed by atoms with Gasteiger partial charge in [0.2, 0.25) is 0 Å². The fourth-order valence-electron chi connectivity index (χ4n) is 4.13. The van der Waals surface area contributed by atoms with Crippen LogP contribution in [0.25, 0.3) is 0 Å². The summed E-state index contributed by atoms with van der Waals surface area (Å²) >= 11 is 0. The lowest BCUT2D eigenvalue weighted by Crippen LogP contribution is -2.42. The van der Waals surface area contributed by atoms with Crippen LogP contribution in [0, 0.1) is 6.92 Å². The van der Waals surface area contributed by atoms with Gasteiger partial charge in [0.05, 0.1) is 10.6 Å². The van der Waals surface area contributed by atoms with Crippen LogP contribution < -0.4 is 10.0 Å². The number of amides is 1. The lowest BCUT2D eigenvalue weighted by Gasteiger charge is -2.28. The molecule has 2 aromatic carbocycles. The van der Waals surface area contributed by atoms with E-state index in [0.717, 1.165) is 37.9 Å². The lowest BCUT2D eigenvalue weighted by molar-refractivity contribution is 0.0680. The van der Waals surface area contributed by atoms with Crippen molar-refractivity contribution in [3.63, 3.8) is 0 Å². The van der Waals surface area contributed by atoms with Gasteiger partial charge in [-0.2, -0.15) is 0 Å². The summed E-state index contributed by atoms with van der Waals surface area (Å²) in [6.45, 7) is 3.62. The molecule has 6 nitrogen and oxygen atoms in total. The normalized spacial score (nSPS) is 21.2. The summed E-state index contributed by atoms with van der Waals surface area (Å²) in [5.74, 6) is -0.00740. The van der Waals surface area contributed by atoms with Crippen LogP contribution in [-0.2, 0) is 10.0 Å². The van der Waals surface area contributed by atoms with Crippen LogP contribution in [0.5, 0.6) is 0 Å². The molecule has 2 fully saturated rings. The average molecular weight is 436 g/mol. The number of hydrogen-bond acceptors (Lipinski definition) is 4. The quantitative estimate of drug-likeness (QED) is 0.773. The molecule has 2 unspecified atom stereocenters. The van der Waals surface area contributed by atoms with Crippen LogP contribution in [0.15, 0.2) is 53.4 Å². The number of rotatable bonds is 4. The number of nitrogens with zero attached hydrogens (tertiary/aromatic N) is 1. The van der Waals surface area contributed by atoms with Crippen LogP contribution in [0.4, 0.5) is 5.69 Å². The van der Waals surface area contributed by atoms with Crippen molar-refractivity contribution < 1.29 is 13.2 Å². The number of aryl methyl sites for hydroxylation is 1. The second-order valence-electron chi connectivity index (χ2n) is 7.54. The molecule has 2 aliphatic rings. The van der Waals surface area contributed by atoms with Crippen molar-refractivity contribution in [3.05, 3.63) is 59.7 Å². The van der Waals surface area contributed by atoms with Gasteiger partial charge in [0.15, 0.2) is 0 Å². The number of benzene rings is 2. The van der Waals surface area contributed by atoms with Gasteiger partial charge in [-0.1, -0.05) is 18.2 Å². The Labute approximate surface area is 178 Å². The summed E-state index contributed by atoms with van der Waals surface area (Å²) in [4.78, 5) is 15.2. The standard InChI is InChI=1S/C21H25N3O3S.ClH/c1-15-4-2-3-5-20(15)23-28(26,27)19-10-6-16(7-11-19)21(25)24-17-8-9-18(24)14-22-13-12-17;/h2-7,10-11,17-18,22-23H,8-9,12-14H2,1H3;1H.